The van der Waals surface area contributed by atoms with Crippen LogP contribution in [0.1, 0.15) is 40.7 Å². The van der Waals surface area contributed by atoms with E-state index in [0.717, 1.165) is 12.1 Å². The van der Waals surface area contributed by atoms with Crippen LogP contribution in [-0.2, 0) is 11.3 Å². The third kappa shape index (κ3) is 2.76. The number of aromatic nitrogens is 2. The number of nitrogens with zero attached hydrogens (tertiary/aromatic N) is 2. The number of carbonyl (C=O) groups is 1. The standard InChI is InChI=1S/C16H15F2N3O3/c1-8-6-21-13(16(22)23)9(2)20-14(21)15(19-8)24-7-10-11(17)4-3-5-12(10)18/h3-6,15,19H,7H2,1-2H3,(H,22,23). The topological polar surface area (TPSA) is 76.4 Å². The molecule has 3 rings (SSSR count). The number of allylic oxidation sites excluding steroid dienone is 1. The number of carboxylic acid groups (broad SMARTS) is 1. The zero-order valence-corrected chi connectivity index (χ0v) is 13.0. The van der Waals surface area contributed by atoms with Gasteiger partial charge in [0.1, 0.15) is 11.6 Å². The van der Waals surface area contributed by atoms with Gasteiger partial charge in [0.25, 0.3) is 0 Å². The maximum absolute atomic E-state index is 13.7. The van der Waals surface area contributed by atoms with Crippen molar-refractivity contribution < 1.29 is 23.4 Å². The van der Waals surface area contributed by atoms with Gasteiger partial charge in [0.05, 0.1) is 12.3 Å². The number of ether oxygens (including phenoxy) is 1. The summed E-state index contributed by atoms with van der Waals surface area (Å²) in [5.74, 6) is -2.21. The highest BCUT2D eigenvalue weighted by Gasteiger charge is 2.28. The van der Waals surface area contributed by atoms with Gasteiger partial charge >= 0.3 is 5.97 Å². The quantitative estimate of drug-likeness (QED) is 0.898. The molecule has 6 nitrogen and oxygen atoms in total. The van der Waals surface area contributed by atoms with Gasteiger partial charge < -0.3 is 15.2 Å². The molecule has 0 radical (unpaired) electrons. The number of imidazole rings is 1. The van der Waals surface area contributed by atoms with Gasteiger partial charge in [-0.2, -0.15) is 0 Å². The van der Waals surface area contributed by atoms with E-state index in [9.17, 15) is 18.7 Å². The lowest BCUT2D eigenvalue weighted by Gasteiger charge is -2.25. The Kier molecular flexibility index (Phi) is 4.06. The van der Waals surface area contributed by atoms with Crippen LogP contribution in [0.2, 0.25) is 0 Å². The summed E-state index contributed by atoms with van der Waals surface area (Å²) in [6.45, 7) is 2.98. The maximum atomic E-state index is 13.7. The van der Waals surface area contributed by atoms with Crippen molar-refractivity contribution in [1.82, 2.24) is 14.9 Å². The van der Waals surface area contributed by atoms with Gasteiger partial charge in [-0.3, -0.25) is 4.57 Å². The Labute approximate surface area is 136 Å². The molecule has 0 aliphatic carbocycles. The molecule has 1 aliphatic heterocycles. The number of benzene rings is 1. The van der Waals surface area contributed by atoms with E-state index >= 15 is 0 Å². The Bertz CT molecular complexity index is 825. The zero-order valence-electron chi connectivity index (χ0n) is 13.0. The normalized spacial score (nSPS) is 16.3. The first-order valence-electron chi connectivity index (χ1n) is 7.20. The molecule has 0 saturated heterocycles. The van der Waals surface area contributed by atoms with E-state index in [1.165, 1.54) is 10.6 Å². The molecule has 1 unspecified atom stereocenters. The smallest absolute Gasteiger partial charge is 0.354 e. The molecule has 2 heterocycles. The summed E-state index contributed by atoms with van der Waals surface area (Å²) in [5.41, 5.74) is 0.800. The van der Waals surface area contributed by atoms with E-state index in [-0.39, 0.29) is 17.9 Å². The summed E-state index contributed by atoms with van der Waals surface area (Å²) in [6.07, 6.45) is 0.767. The maximum Gasteiger partial charge on any atom is 0.354 e. The van der Waals surface area contributed by atoms with Crippen molar-refractivity contribution in [1.29, 1.82) is 0 Å². The second kappa shape index (κ2) is 6.04. The second-order valence-electron chi connectivity index (χ2n) is 5.43. The fourth-order valence-corrected chi connectivity index (χ4v) is 2.60. The minimum absolute atomic E-state index is 0.0246. The molecule has 126 valence electrons. The Balaban J connectivity index is 1.91. The molecule has 2 N–H and O–H groups in total. The number of rotatable bonds is 4. The van der Waals surface area contributed by atoms with Gasteiger partial charge in [0.15, 0.2) is 17.7 Å². The third-order valence-electron chi connectivity index (χ3n) is 3.69. The molecule has 8 heteroatoms. The van der Waals surface area contributed by atoms with E-state index in [1.54, 1.807) is 20.0 Å². The van der Waals surface area contributed by atoms with Crippen molar-refractivity contribution >= 4 is 12.2 Å². The van der Waals surface area contributed by atoms with Gasteiger partial charge in [-0.05, 0) is 26.0 Å². The molecule has 0 amide bonds. The van der Waals surface area contributed by atoms with Crippen LogP contribution in [-0.4, -0.2) is 20.6 Å². The highest BCUT2D eigenvalue weighted by Crippen LogP contribution is 2.26. The van der Waals surface area contributed by atoms with Crippen LogP contribution in [0.5, 0.6) is 0 Å². The molecule has 24 heavy (non-hydrogen) atoms. The van der Waals surface area contributed by atoms with Gasteiger partial charge in [-0.25, -0.2) is 18.6 Å². The first-order valence-corrected chi connectivity index (χ1v) is 7.20. The van der Waals surface area contributed by atoms with Gasteiger partial charge in [0, 0.05) is 17.5 Å². The van der Waals surface area contributed by atoms with Crippen LogP contribution < -0.4 is 5.32 Å². The molecule has 1 atom stereocenters. The second-order valence-corrected chi connectivity index (χ2v) is 5.43. The number of fused-ring (bicyclic) bond motifs is 1. The lowest BCUT2D eigenvalue weighted by Crippen LogP contribution is -2.29. The van der Waals surface area contributed by atoms with E-state index in [1.807, 2.05) is 0 Å². The SMILES string of the molecule is CC1=Cn2c(nc(C)c2C(=O)O)C(OCc2c(F)cccc2F)N1. The fourth-order valence-electron chi connectivity index (χ4n) is 2.60. The van der Waals surface area contributed by atoms with Crippen LogP contribution in [0.3, 0.4) is 0 Å². The van der Waals surface area contributed by atoms with Crippen molar-refractivity contribution in [3.63, 3.8) is 0 Å². The molecule has 1 aromatic carbocycles. The number of carboxylic acids is 1. The lowest BCUT2D eigenvalue weighted by atomic mass is 10.2. The van der Waals surface area contributed by atoms with Crippen molar-refractivity contribution in [2.24, 2.45) is 0 Å². The van der Waals surface area contributed by atoms with E-state index in [2.05, 4.69) is 10.3 Å². The van der Waals surface area contributed by atoms with Crippen molar-refractivity contribution in [2.45, 2.75) is 26.7 Å². The molecule has 1 aromatic heterocycles. The number of nitrogens with one attached hydrogen (secondary N) is 1. The van der Waals surface area contributed by atoms with E-state index in [4.69, 9.17) is 4.74 Å². The van der Waals surface area contributed by atoms with Crippen LogP contribution in [0.25, 0.3) is 6.20 Å². The summed E-state index contributed by atoms with van der Waals surface area (Å²) >= 11 is 0. The van der Waals surface area contributed by atoms with Gasteiger partial charge in [-0.1, -0.05) is 6.07 Å². The van der Waals surface area contributed by atoms with E-state index < -0.39 is 23.8 Å². The molecular weight excluding hydrogens is 320 g/mol. The third-order valence-corrected chi connectivity index (χ3v) is 3.69. The van der Waals surface area contributed by atoms with Crippen molar-refractivity contribution in [2.75, 3.05) is 0 Å². The minimum Gasteiger partial charge on any atom is -0.477 e. The summed E-state index contributed by atoms with van der Waals surface area (Å²) in [4.78, 5) is 15.6. The summed E-state index contributed by atoms with van der Waals surface area (Å²) in [7, 11) is 0. The highest BCUT2D eigenvalue weighted by atomic mass is 19.1. The Morgan fingerprint density at radius 3 is 2.67 bits per heavy atom. The van der Waals surface area contributed by atoms with E-state index in [0.29, 0.717) is 17.2 Å². The van der Waals surface area contributed by atoms with Gasteiger partial charge in [-0.15, -0.1) is 0 Å². The number of hydrogen-bond donors (Lipinski definition) is 2. The summed E-state index contributed by atoms with van der Waals surface area (Å²) < 4.78 is 34.4. The molecular formula is C16H15F2N3O3. The summed E-state index contributed by atoms with van der Waals surface area (Å²) in [6, 6.07) is 3.57. The molecule has 2 aromatic rings. The average Bonchev–Trinajstić information content (AvgIpc) is 2.82. The Morgan fingerprint density at radius 2 is 2.04 bits per heavy atom. The van der Waals surface area contributed by atoms with Crippen molar-refractivity contribution in [3.05, 3.63) is 58.3 Å². The van der Waals surface area contributed by atoms with Crippen LogP contribution >= 0.6 is 0 Å². The van der Waals surface area contributed by atoms with Crippen LogP contribution in [0, 0.1) is 18.6 Å². The van der Waals surface area contributed by atoms with Crippen LogP contribution in [0.4, 0.5) is 8.78 Å². The summed E-state index contributed by atoms with van der Waals surface area (Å²) in [5, 5.41) is 12.3. The van der Waals surface area contributed by atoms with Crippen molar-refractivity contribution in [3.8, 4) is 0 Å². The predicted molar refractivity (Wildman–Crippen MR) is 80.9 cm³/mol. The molecule has 0 saturated carbocycles. The predicted octanol–water partition coefficient (Wildman–Crippen LogP) is 2.80. The molecule has 1 aliphatic rings. The average molecular weight is 335 g/mol. The first-order chi connectivity index (χ1) is 11.4. The Morgan fingerprint density at radius 1 is 1.38 bits per heavy atom. The lowest BCUT2D eigenvalue weighted by molar-refractivity contribution is 0.0117. The zero-order chi connectivity index (χ0) is 17.4. The molecule has 0 fully saturated rings. The number of halogens is 2. The Hall–Kier alpha value is -2.74. The molecule has 0 spiro atoms. The minimum atomic E-state index is -1.11. The number of hydrogen-bond acceptors (Lipinski definition) is 4. The number of aryl methyl sites for hydroxylation is 1. The fraction of sp³-hybridized carbons (Fsp3) is 0.250. The monoisotopic (exact) mass is 335 g/mol. The van der Waals surface area contributed by atoms with Crippen LogP contribution in [0.15, 0.2) is 23.9 Å². The number of aromatic carboxylic acids is 1. The largest absolute Gasteiger partial charge is 0.477 e. The first kappa shape index (κ1) is 16.1. The highest BCUT2D eigenvalue weighted by molar-refractivity contribution is 5.88. The molecule has 0 bridgehead atoms. The van der Waals surface area contributed by atoms with Gasteiger partial charge in [0.2, 0.25) is 0 Å².